The summed E-state index contributed by atoms with van der Waals surface area (Å²) in [4.78, 5) is 71.4. The number of nitrogen functional groups attached to an aromatic ring is 1. The molecule has 9 rings (SSSR count). The third-order valence-corrected chi connectivity index (χ3v) is 10.3. The van der Waals surface area contributed by atoms with E-state index in [1.54, 1.807) is 72.8 Å². The first kappa shape index (κ1) is 42.0. The highest BCUT2D eigenvalue weighted by atomic mass is 16.5. The Hall–Kier alpha value is -6.58. The Labute approximate surface area is 343 Å². The number of ether oxygens (including phenoxy) is 1. The SMILES string of the molecule is N=C(N)c1ccc(CNC(=O)C2Cc3ccc(cc3)NC(=O)CCN3CCN(CCC(=O)Nc4ccc(cc4)C[C@@H](NC(=O)OCc4ccccc4)C(=O)N2)CC3)cc1. The van der Waals surface area contributed by atoms with E-state index in [-0.39, 0.29) is 43.6 Å². The fraction of sp³-hybridized carbons (Fsp3) is 0.318. The van der Waals surface area contributed by atoms with Gasteiger partial charge in [0, 0.05) is 88.4 Å². The fourth-order valence-electron chi connectivity index (χ4n) is 6.83. The minimum Gasteiger partial charge on any atom is -0.445 e. The maximum absolute atomic E-state index is 14.2. The van der Waals surface area contributed by atoms with Gasteiger partial charge in [-0.1, -0.05) is 78.9 Å². The number of hydrogen-bond acceptors (Lipinski definition) is 9. The Bertz CT molecular complexity index is 2070. The van der Waals surface area contributed by atoms with Gasteiger partial charge in [0.15, 0.2) is 0 Å². The van der Waals surface area contributed by atoms with Crippen LogP contribution in [0, 0.1) is 5.41 Å². The summed E-state index contributed by atoms with van der Waals surface area (Å²) >= 11 is 0. The van der Waals surface area contributed by atoms with Crippen molar-refractivity contribution in [2.75, 3.05) is 49.9 Å². The molecule has 5 heterocycles. The summed E-state index contributed by atoms with van der Waals surface area (Å²) in [5.74, 6) is -1.39. The second-order valence-corrected chi connectivity index (χ2v) is 14.7. The van der Waals surface area contributed by atoms with Crippen LogP contribution < -0.4 is 32.3 Å². The van der Waals surface area contributed by atoms with Gasteiger partial charge in [0.2, 0.25) is 23.6 Å². The lowest BCUT2D eigenvalue weighted by molar-refractivity contribution is -0.130. The quantitative estimate of drug-likeness (QED) is 0.108. The molecule has 6 bridgehead atoms. The number of anilines is 2. The molecule has 8 N–H and O–H groups in total. The zero-order valence-corrected chi connectivity index (χ0v) is 32.9. The molecule has 5 aliphatic heterocycles. The molecular formula is C44H51N9O6. The average molecular weight is 802 g/mol. The summed E-state index contributed by atoms with van der Waals surface area (Å²) in [7, 11) is 0. The first-order valence-electron chi connectivity index (χ1n) is 19.8. The Morgan fingerprint density at radius 1 is 0.695 bits per heavy atom. The molecule has 5 amide bonds. The highest BCUT2D eigenvalue weighted by Crippen LogP contribution is 2.16. The largest absolute Gasteiger partial charge is 0.445 e. The summed E-state index contributed by atoms with van der Waals surface area (Å²) < 4.78 is 5.47. The molecule has 1 fully saturated rings. The van der Waals surface area contributed by atoms with E-state index in [0.29, 0.717) is 48.4 Å². The maximum atomic E-state index is 14.2. The number of piperazine rings is 1. The topological polar surface area (TPSA) is 211 Å². The van der Waals surface area contributed by atoms with Gasteiger partial charge in [-0.15, -0.1) is 0 Å². The molecule has 0 aliphatic carbocycles. The monoisotopic (exact) mass is 801 g/mol. The molecule has 5 aliphatic rings. The van der Waals surface area contributed by atoms with Crippen molar-refractivity contribution in [2.24, 2.45) is 5.73 Å². The van der Waals surface area contributed by atoms with Crippen LogP contribution in [0.4, 0.5) is 16.2 Å². The molecule has 4 aromatic rings. The van der Waals surface area contributed by atoms with Gasteiger partial charge < -0.3 is 46.9 Å². The second kappa shape index (κ2) is 20.7. The molecule has 0 spiro atoms. The number of hydrogen-bond donors (Lipinski definition) is 7. The second-order valence-electron chi connectivity index (χ2n) is 14.7. The van der Waals surface area contributed by atoms with Gasteiger partial charge in [-0.2, -0.15) is 0 Å². The molecule has 15 heteroatoms. The van der Waals surface area contributed by atoms with Crippen molar-refractivity contribution in [1.29, 1.82) is 5.41 Å². The van der Waals surface area contributed by atoms with Gasteiger partial charge in [-0.3, -0.25) is 24.6 Å². The molecule has 0 saturated carbocycles. The first-order valence-corrected chi connectivity index (χ1v) is 19.8. The molecule has 0 radical (unpaired) electrons. The van der Waals surface area contributed by atoms with E-state index in [1.165, 1.54) is 0 Å². The van der Waals surface area contributed by atoms with Gasteiger partial charge in [0.05, 0.1) is 0 Å². The molecule has 308 valence electrons. The minimum atomic E-state index is -1.15. The summed E-state index contributed by atoms with van der Waals surface area (Å²) in [5.41, 5.74) is 10.3. The third-order valence-electron chi connectivity index (χ3n) is 10.3. The van der Waals surface area contributed by atoms with Crippen LogP contribution in [0.25, 0.3) is 0 Å². The average Bonchev–Trinajstić information content (AvgIpc) is 3.24. The number of nitrogens with zero attached hydrogens (tertiary/aromatic N) is 2. The predicted octanol–water partition coefficient (Wildman–Crippen LogP) is 3.14. The Balaban J connectivity index is 1.23. The van der Waals surface area contributed by atoms with Crippen molar-refractivity contribution in [1.82, 2.24) is 25.8 Å². The van der Waals surface area contributed by atoms with Crippen molar-refractivity contribution >= 4 is 46.9 Å². The lowest BCUT2D eigenvalue weighted by atomic mass is 10.0. The molecule has 4 aromatic carbocycles. The van der Waals surface area contributed by atoms with Crippen LogP contribution >= 0.6 is 0 Å². The molecule has 1 saturated heterocycles. The van der Waals surface area contributed by atoms with Crippen molar-refractivity contribution < 1.29 is 28.7 Å². The van der Waals surface area contributed by atoms with Crippen LogP contribution in [-0.2, 0) is 49.9 Å². The van der Waals surface area contributed by atoms with Crippen LogP contribution in [0.3, 0.4) is 0 Å². The Morgan fingerprint density at radius 3 is 1.78 bits per heavy atom. The first-order chi connectivity index (χ1) is 28.6. The van der Waals surface area contributed by atoms with Crippen molar-refractivity contribution in [3.8, 4) is 0 Å². The zero-order chi connectivity index (χ0) is 41.6. The van der Waals surface area contributed by atoms with E-state index in [1.807, 2.05) is 30.3 Å². The summed E-state index contributed by atoms with van der Waals surface area (Å²) in [6, 6.07) is 28.0. The number of fused-ring (bicyclic) bond motifs is 3. The number of benzene rings is 4. The Morgan fingerprint density at radius 2 is 1.24 bits per heavy atom. The van der Waals surface area contributed by atoms with E-state index in [9.17, 15) is 24.0 Å². The number of nitrogens with two attached hydrogens (primary N) is 1. The van der Waals surface area contributed by atoms with E-state index >= 15 is 0 Å². The van der Waals surface area contributed by atoms with Gasteiger partial charge in [0.1, 0.15) is 24.5 Å². The van der Waals surface area contributed by atoms with Gasteiger partial charge in [0.25, 0.3) is 0 Å². The fourth-order valence-corrected chi connectivity index (χ4v) is 6.83. The number of carbonyl (C=O) groups excluding carboxylic acids is 5. The van der Waals surface area contributed by atoms with E-state index in [0.717, 1.165) is 42.9 Å². The number of amidine groups is 1. The van der Waals surface area contributed by atoms with E-state index < -0.39 is 30.0 Å². The summed E-state index contributed by atoms with van der Waals surface area (Å²) in [6.45, 7) is 4.59. The molecule has 0 aromatic heterocycles. The van der Waals surface area contributed by atoms with Crippen molar-refractivity contribution in [3.63, 3.8) is 0 Å². The van der Waals surface area contributed by atoms with Crippen LogP contribution in [-0.4, -0.2) is 96.7 Å². The number of rotatable bonds is 7. The zero-order valence-electron chi connectivity index (χ0n) is 32.9. The van der Waals surface area contributed by atoms with Crippen molar-refractivity contribution in [3.05, 3.63) is 131 Å². The third kappa shape index (κ3) is 13.2. The molecule has 1 unspecified atom stereocenters. The van der Waals surface area contributed by atoms with Crippen LogP contribution in [0.1, 0.15) is 40.7 Å². The predicted molar refractivity (Wildman–Crippen MR) is 224 cm³/mol. The number of nitrogens with one attached hydrogen (secondary N) is 6. The van der Waals surface area contributed by atoms with Gasteiger partial charge in [-0.25, -0.2) is 4.79 Å². The van der Waals surface area contributed by atoms with E-state index in [4.69, 9.17) is 15.9 Å². The van der Waals surface area contributed by atoms with Crippen LogP contribution in [0.5, 0.6) is 0 Å². The minimum absolute atomic E-state index is 0.0134. The summed E-state index contributed by atoms with van der Waals surface area (Å²) in [6.07, 6.45) is -0.0186. The van der Waals surface area contributed by atoms with Crippen LogP contribution in [0.15, 0.2) is 103 Å². The maximum Gasteiger partial charge on any atom is 0.408 e. The van der Waals surface area contributed by atoms with Crippen molar-refractivity contribution in [2.45, 2.75) is 50.9 Å². The van der Waals surface area contributed by atoms with E-state index in [2.05, 4.69) is 36.4 Å². The normalized spacial score (nSPS) is 20.4. The molecule has 15 nitrogen and oxygen atoms in total. The lowest BCUT2D eigenvalue weighted by Gasteiger charge is -2.34. The molecular weight excluding hydrogens is 751 g/mol. The van der Waals surface area contributed by atoms with Crippen LogP contribution in [0.2, 0.25) is 0 Å². The number of amides is 5. The van der Waals surface area contributed by atoms with Gasteiger partial charge >= 0.3 is 6.09 Å². The smallest absolute Gasteiger partial charge is 0.408 e. The highest BCUT2D eigenvalue weighted by Gasteiger charge is 2.28. The lowest BCUT2D eigenvalue weighted by Crippen LogP contribution is -2.55. The number of carbonyl (C=O) groups is 5. The molecule has 59 heavy (non-hydrogen) atoms. The van der Waals surface area contributed by atoms with Gasteiger partial charge in [-0.05, 0) is 46.5 Å². The summed E-state index contributed by atoms with van der Waals surface area (Å²) in [5, 5.41) is 22.0. The standard InChI is InChI=1S/C44H51N9O6/c45-41(46)34-12-6-32(7-13-34)28-47-42(56)37-26-30-8-14-35(15-9-30)48-39(54)18-20-52-22-24-53(25-23-52)21-19-40(55)49-36-16-10-31(11-17-36)27-38(43(57)50-37)51-44(58)59-29-33-4-2-1-3-5-33/h1-17,37-38H,18-29H2,(H3,45,46)(H,47,56)(H,48,54)(H,49,55)(H,50,57)(H,51,58)/t37?,38-/m1/s1. The highest BCUT2D eigenvalue weighted by molar-refractivity contribution is 5.95. The Kier molecular flexibility index (Phi) is 14.8. The number of alkyl carbamates (subject to hydrolysis) is 1. The molecule has 2 atom stereocenters.